The summed E-state index contributed by atoms with van der Waals surface area (Å²) in [5.74, 6) is 0.315. The Morgan fingerprint density at radius 3 is 2.13 bits per heavy atom. The Kier molecular flexibility index (Phi) is 5.47. The molecule has 1 fully saturated rings. The molecule has 0 aromatic heterocycles. The van der Waals surface area contributed by atoms with Crippen molar-refractivity contribution in [2.24, 2.45) is 5.92 Å². The Labute approximate surface area is 139 Å². The lowest BCUT2D eigenvalue weighted by atomic mass is 9.92. The first kappa shape index (κ1) is 16.2. The van der Waals surface area contributed by atoms with Crippen LogP contribution in [0.4, 0.5) is 0 Å². The standard InChI is InChI=1S/C21H27NO/c1-2-17(16-22-14-6-7-15-22)21(23)20-12-10-19(11-13-20)18-8-4-3-5-9-18/h3-5,8-13,17,21,23H,2,6-7,14-16H2,1H3/t17-,21+/m1/s1. The van der Waals surface area contributed by atoms with Crippen LogP contribution in [0.15, 0.2) is 54.6 Å². The summed E-state index contributed by atoms with van der Waals surface area (Å²) in [5.41, 5.74) is 3.46. The number of likely N-dealkylation sites (tertiary alicyclic amines) is 1. The molecule has 3 rings (SSSR count). The van der Waals surface area contributed by atoms with Gasteiger partial charge in [-0.1, -0.05) is 61.5 Å². The van der Waals surface area contributed by atoms with Gasteiger partial charge in [0.1, 0.15) is 0 Å². The maximum atomic E-state index is 10.8. The maximum absolute atomic E-state index is 10.8. The molecule has 2 heteroatoms. The van der Waals surface area contributed by atoms with Crippen LogP contribution in [0, 0.1) is 5.92 Å². The van der Waals surface area contributed by atoms with E-state index in [2.05, 4.69) is 60.4 Å². The van der Waals surface area contributed by atoms with Gasteiger partial charge in [-0.05, 0) is 49.0 Å². The molecule has 1 aliphatic rings. The fourth-order valence-electron chi connectivity index (χ4n) is 3.52. The topological polar surface area (TPSA) is 23.5 Å². The van der Waals surface area contributed by atoms with Gasteiger partial charge in [0.2, 0.25) is 0 Å². The maximum Gasteiger partial charge on any atom is 0.0830 e. The van der Waals surface area contributed by atoms with E-state index in [9.17, 15) is 5.11 Å². The van der Waals surface area contributed by atoms with E-state index < -0.39 is 0 Å². The van der Waals surface area contributed by atoms with Crippen molar-refractivity contribution < 1.29 is 5.11 Å². The van der Waals surface area contributed by atoms with Crippen molar-refractivity contribution >= 4 is 0 Å². The average Bonchev–Trinajstić information content (AvgIpc) is 3.13. The zero-order valence-electron chi connectivity index (χ0n) is 14.0. The largest absolute Gasteiger partial charge is 0.388 e. The second kappa shape index (κ2) is 7.76. The van der Waals surface area contributed by atoms with Crippen molar-refractivity contribution in [1.82, 2.24) is 4.90 Å². The second-order valence-corrected chi connectivity index (χ2v) is 6.61. The molecular weight excluding hydrogens is 282 g/mol. The Hall–Kier alpha value is -1.64. The van der Waals surface area contributed by atoms with E-state index >= 15 is 0 Å². The van der Waals surface area contributed by atoms with Crippen LogP contribution >= 0.6 is 0 Å². The summed E-state index contributed by atoms with van der Waals surface area (Å²) in [6.07, 6.45) is 3.25. The molecule has 1 N–H and O–H groups in total. The number of rotatable bonds is 6. The van der Waals surface area contributed by atoms with E-state index in [4.69, 9.17) is 0 Å². The highest BCUT2D eigenvalue weighted by Gasteiger charge is 2.23. The highest BCUT2D eigenvalue weighted by molar-refractivity contribution is 5.63. The lowest BCUT2D eigenvalue weighted by molar-refractivity contribution is 0.0824. The first-order valence-electron chi connectivity index (χ1n) is 8.83. The predicted octanol–water partition coefficient (Wildman–Crippen LogP) is 4.51. The second-order valence-electron chi connectivity index (χ2n) is 6.61. The van der Waals surface area contributed by atoms with Gasteiger partial charge in [-0.2, -0.15) is 0 Å². The summed E-state index contributed by atoms with van der Waals surface area (Å²) in [7, 11) is 0. The molecule has 0 spiro atoms. The molecule has 0 bridgehead atoms. The minimum atomic E-state index is -0.370. The van der Waals surface area contributed by atoms with Gasteiger partial charge in [0.05, 0.1) is 6.10 Å². The van der Waals surface area contributed by atoms with Gasteiger partial charge in [-0.3, -0.25) is 0 Å². The minimum Gasteiger partial charge on any atom is -0.388 e. The fourth-order valence-corrected chi connectivity index (χ4v) is 3.52. The van der Waals surface area contributed by atoms with Crippen LogP contribution in [-0.4, -0.2) is 29.6 Å². The van der Waals surface area contributed by atoms with Crippen LogP contribution in [0.3, 0.4) is 0 Å². The van der Waals surface area contributed by atoms with Crippen molar-refractivity contribution in [3.63, 3.8) is 0 Å². The highest BCUT2D eigenvalue weighted by Crippen LogP contribution is 2.28. The van der Waals surface area contributed by atoms with Crippen LogP contribution in [0.2, 0.25) is 0 Å². The van der Waals surface area contributed by atoms with Gasteiger partial charge >= 0.3 is 0 Å². The molecule has 1 aliphatic heterocycles. The van der Waals surface area contributed by atoms with Gasteiger partial charge < -0.3 is 10.0 Å². The normalized spacial score (nSPS) is 18.0. The summed E-state index contributed by atoms with van der Waals surface area (Å²) in [4.78, 5) is 2.50. The number of hydrogen-bond acceptors (Lipinski definition) is 2. The summed E-state index contributed by atoms with van der Waals surface area (Å²) >= 11 is 0. The minimum absolute atomic E-state index is 0.315. The summed E-state index contributed by atoms with van der Waals surface area (Å²) in [6, 6.07) is 18.8. The molecule has 0 aliphatic carbocycles. The molecule has 0 amide bonds. The first-order chi connectivity index (χ1) is 11.3. The van der Waals surface area contributed by atoms with Crippen molar-refractivity contribution in [3.8, 4) is 11.1 Å². The third-order valence-corrected chi connectivity index (χ3v) is 5.02. The van der Waals surface area contributed by atoms with Crippen molar-refractivity contribution in [1.29, 1.82) is 0 Å². The predicted molar refractivity (Wildman–Crippen MR) is 96.3 cm³/mol. The molecule has 0 saturated carbocycles. The number of hydrogen-bond donors (Lipinski definition) is 1. The van der Waals surface area contributed by atoms with Crippen LogP contribution in [0.5, 0.6) is 0 Å². The molecular formula is C21H27NO. The number of benzene rings is 2. The lowest BCUT2D eigenvalue weighted by Gasteiger charge is -2.27. The summed E-state index contributed by atoms with van der Waals surface area (Å²) in [6.45, 7) is 5.58. The SMILES string of the molecule is CC[C@H](CN1CCCC1)[C@H](O)c1ccc(-c2ccccc2)cc1. The first-order valence-corrected chi connectivity index (χ1v) is 8.83. The molecule has 2 aromatic carbocycles. The summed E-state index contributed by atoms with van der Waals surface area (Å²) < 4.78 is 0. The molecule has 2 aromatic rings. The Morgan fingerprint density at radius 1 is 0.913 bits per heavy atom. The van der Waals surface area contributed by atoms with Crippen molar-refractivity contribution in [3.05, 3.63) is 60.2 Å². The van der Waals surface area contributed by atoms with Crippen molar-refractivity contribution in [2.75, 3.05) is 19.6 Å². The van der Waals surface area contributed by atoms with Gasteiger partial charge in [-0.25, -0.2) is 0 Å². The summed E-state index contributed by atoms with van der Waals surface area (Å²) in [5, 5.41) is 10.8. The third-order valence-electron chi connectivity index (χ3n) is 5.02. The zero-order chi connectivity index (χ0) is 16.1. The van der Waals surface area contributed by atoms with E-state index in [1.165, 1.54) is 37.1 Å². The van der Waals surface area contributed by atoms with Gasteiger partial charge in [-0.15, -0.1) is 0 Å². The Bertz CT molecular complexity index is 587. The van der Waals surface area contributed by atoms with E-state index in [1.807, 2.05) is 6.07 Å². The average molecular weight is 309 g/mol. The van der Waals surface area contributed by atoms with Crippen LogP contribution < -0.4 is 0 Å². The number of nitrogens with zero attached hydrogens (tertiary/aromatic N) is 1. The molecule has 1 heterocycles. The monoisotopic (exact) mass is 309 g/mol. The fraction of sp³-hybridized carbons (Fsp3) is 0.429. The molecule has 2 nitrogen and oxygen atoms in total. The number of aliphatic hydroxyl groups excluding tert-OH is 1. The Morgan fingerprint density at radius 2 is 1.52 bits per heavy atom. The molecule has 2 atom stereocenters. The van der Waals surface area contributed by atoms with E-state index in [0.29, 0.717) is 5.92 Å². The lowest BCUT2D eigenvalue weighted by Crippen LogP contribution is -2.29. The van der Waals surface area contributed by atoms with Gasteiger partial charge in [0, 0.05) is 12.5 Å². The van der Waals surface area contributed by atoms with E-state index in [0.717, 1.165) is 18.5 Å². The van der Waals surface area contributed by atoms with Crippen molar-refractivity contribution in [2.45, 2.75) is 32.3 Å². The third kappa shape index (κ3) is 4.01. The smallest absolute Gasteiger partial charge is 0.0830 e. The molecule has 0 radical (unpaired) electrons. The quantitative estimate of drug-likeness (QED) is 0.848. The molecule has 23 heavy (non-hydrogen) atoms. The van der Waals surface area contributed by atoms with Crippen LogP contribution in [0.25, 0.3) is 11.1 Å². The van der Waals surface area contributed by atoms with E-state index in [-0.39, 0.29) is 6.10 Å². The van der Waals surface area contributed by atoms with Gasteiger partial charge in [0.15, 0.2) is 0 Å². The van der Waals surface area contributed by atoms with Gasteiger partial charge in [0.25, 0.3) is 0 Å². The van der Waals surface area contributed by atoms with E-state index in [1.54, 1.807) is 0 Å². The zero-order valence-corrected chi connectivity index (χ0v) is 14.0. The Balaban J connectivity index is 1.69. The molecule has 1 saturated heterocycles. The number of aliphatic hydroxyl groups is 1. The molecule has 122 valence electrons. The molecule has 0 unspecified atom stereocenters. The van der Waals surface area contributed by atoms with Crippen LogP contribution in [0.1, 0.15) is 37.9 Å². The van der Waals surface area contributed by atoms with Crippen LogP contribution in [-0.2, 0) is 0 Å². The highest BCUT2D eigenvalue weighted by atomic mass is 16.3.